The van der Waals surface area contributed by atoms with Gasteiger partial charge in [0, 0.05) is 10.7 Å². The fourth-order valence-corrected chi connectivity index (χ4v) is 2.11. The van der Waals surface area contributed by atoms with E-state index in [2.05, 4.69) is 5.32 Å². The smallest absolute Gasteiger partial charge is 0.338 e. The number of halogens is 1. The molecule has 0 aromatic heterocycles. The lowest BCUT2D eigenvalue weighted by molar-refractivity contribution is -0.123. The maximum absolute atomic E-state index is 12.2. The van der Waals surface area contributed by atoms with Crippen molar-refractivity contribution in [2.75, 3.05) is 5.32 Å². The van der Waals surface area contributed by atoms with Crippen LogP contribution >= 0.6 is 11.6 Å². The summed E-state index contributed by atoms with van der Waals surface area (Å²) in [6.07, 6.45) is -0.915. The third kappa shape index (κ3) is 4.57. The van der Waals surface area contributed by atoms with Gasteiger partial charge in [-0.15, -0.1) is 0 Å². The summed E-state index contributed by atoms with van der Waals surface area (Å²) in [4.78, 5) is 24.2. The van der Waals surface area contributed by atoms with Crippen molar-refractivity contribution in [3.63, 3.8) is 0 Å². The Morgan fingerprint density at radius 3 is 2.39 bits per heavy atom. The Morgan fingerprint density at radius 2 is 1.74 bits per heavy atom. The lowest BCUT2D eigenvalue weighted by Gasteiger charge is -2.15. The van der Waals surface area contributed by atoms with Crippen LogP contribution in [0.3, 0.4) is 0 Å². The van der Waals surface area contributed by atoms with Crippen molar-refractivity contribution in [3.05, 3.63) is 64.2 Å². The molecule has 0 spiro atoms. The number of benzene rings is 2. The van der Waals surface area contributed by atoms with Gasteiger partial charge in [0.1, 0.15) is 0 Å². The third-order valence-electron chi connectivity index (χ3n) is 3.40. The summed E-state index contributed by atoms with van der Waals surface area (Å²) < 4.78 is 5.20. The van der Waals surface area contributed by atoms with E-state index in [4.69, 9.17) is 16.3 Å². The molecule has 0 fully saturated rings. The highest BCUT2D eigenvalue weighted by Crippen LogP contribution is 2.20. The van der Waals surface area contributed by atoms with Crippen molar-refractivity contribution in [3.8, 4) is 0 Å². The molecule has 2 aromatic carbocycles. The number of amides is 1. The summed E-state index contributed by atoms with van der Waals surface area (Å²) in [5, 5.41) is 3.24. The summed E-state index contributed by atoms with van der Waals surface area (Å²) in [5.41, 5.74) is 2.93. The molecule has 0 saturated heterocycles. The zero-order valence-corrected chi connectivity index (χ0v) is 14.0. The fraction of sp³-hybridized carbons (Fsp3) is 0.222. The van der Waals surface area contributed by atoms with E-state index in [0.717, 1.165) is 11.1 Å². The van der Waals surface area contributed by atoms with Crippen LogP contribution in [0.15, 0.2) is 42.5 Å². The summed E-state index contributed by atoms with van der Waals surface area (Å²) in [6, 6.07) is 12.2. The molecule has 2 rings (SSSR count). The monoisotopic (exact) mass is 331 g/mol. The molecule has 120 valence electrons. The minimum atomic E-state index is -0.915. The molecule has 0 aliphatic rings. The van der Waals surface area contributed by atoms with Crippen LogP contribution in [-0.2, 0) is 9.53 Å². The summed E-state index contributed by atoms with van der Waals surface area (Å²) >= 11 is 5.92. The first-order chi connectivity index (χ1) is 10.9. The number of nitrogens with one attached hydrogen (secondary N) is 1. The first-order valence-electron chi connectivity index (χ1n) is 7.21. The van der Waals surface area contributed by atoms with Crippen molar-refractivity contribution < 1.29 is 14.3 Å². The van der Waals surface area contributed by atoms with Crippen molar-refractivity contribution >= 4 is 29.2 Å². The van der Waals surface area contributed by atoms with Gasteiger partial charge >= 0.3 is 5.97 Å². The first kappa shape index (κ1) is 17.0. The molecule has 1 amide bonds. The molecule has 5 heteroatoms. The van der Waals surface area contributed by atoms with Crippen molar-refractivity contribution in [2.24, 2.45) is 0 Å². The second-order valence-corrected chi connectivity index (χ2v) is 5.80. The van der Waals surface area contributed by atoms with Crippen LogP contribution in [0.2, 0.25) is 5.02 Å². The normalized spacial score (nSPS) is 11.7. The van der Waals surface area contributed by atoms with E-state index < -0.39 is 18.0 Å². The number of aryl methyl sites for hydroxylation is 2. The lowest BCUT2D eigenvalue weighted by atomic mass is 10.1. The molecule has 1 atom stereocenters. The van der Waals surface area contributed by atoms with Crippen molar-refractivity contribution in [1.82, 2.24) is 0 Å². The molecule has 0 unspecified atom stereocenters. The molecule has 0 heterocycles. The molecular formula is C18H18ClNO3. The molecule has 0 aliphatic carbocycles. The molecule has 1 N–H and O–H groups in total. The van der Waals surface area contributed by atoms with Crippen LogP contribution in [0.5, 0.6) is 0 Å². The van der Waals surface area contributed by atoms with E-state index in [-0.39, 0.29) is 0 Å². The highest BCUT2D eigenvalue weighted by Gasteiger charge is 2.19. The number of hydrogen-bond acceptors (Lipinski definition) is 3. The Hall–Kier alpha value is -2.33. The summed E-state index contributed by atoms with van der Waals surface area (Å²) in [7, 11) is 0. The van der Waals surface area contributed by atoms with Gasteiger partial charge < -0.3 is 10.1 Å². The van der Waals surface area contributed by atoms with Gasteiger partial charge in [0.25, 0.3) is 5.91 Å². The fourth-order valence-electron chi connectivity index (χ4n) is 1.94. The SMILES string of the molecule is Cc1ccc(C(=O)O[C@@H](C)C(=O)Nc2cc(Cl)ccc2C)cc1. The van der Waals surface area contributed by atoms with Gasteiger partial charge in [-0.2, -0.15) is 0 Å². The molecule has 0 bridgehead atoms. The number of carbonyl (C=O) groups is 2. The van der Waals surface area contributed by atoms with Gasteiger partial charge in [0.15, 0.2) is 6.10 Å². The average molecular weight is 332 g/mol. The van der Waals surface area contributed by atoms with Gasteiger partial charge in [-0.25, -0.2) is 4.79 Å². The maximum atomic E-state index is 12.2. The molecule has 23 heavy (non-hydrogen) atoms. The molecule has 0 aliphatic heterocycles. The van der Waals surface area contributed by atoms with E-state index in [0.29, 0.717) is 16.3 Å². The lowest BCUT2D eigenvalue weighted by Crippen LogP contribution is -2.30. The molecule has 4 nitrogen and oxygen atoms in total. The van der Waals surface area contributed by atoms with Crippen LogP contribution in [0, 0.1) is 13.8 Å². The van der Waals surface area contributed by atoms with Gasteiger partial charge in [-0.05, 0) is 50.6 Å². The Kier molecular flexibility index (Phi) is 5.40. The predicted molar refractivity (Wildman–Crippen MR) is 90.9 cm³/mol. The highest BCUT2D eigenvalue weighted by molar-refractivity contribution is 6.31. The van der Waals surface area contributed by atoms with Crippen LogP contribution in [0.25, 0.3) is 0 Å². The Bertz CT molecular complexity index is 726. The van der Waals surface area contributed by atoms with E-state index in [1.807, 2.05) is 26.0 Å². The zero-order chi connectivity index (χ0) is 17.0. The first-order valence-corrected chi connectivity index (χ1v) is 7.59. The molecule has 0 radical (unpaired) electrons. The maximum Gasteiger partial charge on any atom is 0.338 e. The largest absolute Gasteiger partial charge is 0.449 e. The second-order valence-electron chi connectivity index (χ2n) is 5.36. The van der Waals surface area contributed by atoms with E-state index in [1.54, 1.807) is 30.3 Å². The molecule has 0 saturated carbocycles. The predicted octanol–water partition coefficient (Wildman–Crippen LogP) is 4.14. The average Bonchev–Trinajstić information content (AvgIpc) is 2.51. The van der Waals surface area contributed by atoms with Crippen LogP contribution < -0.4 is 5.32 Å². The summed E-state index contributed by atoms with van der Waals surface area (Å²) in [5.74, 6) is -0.939. The topological polar surface area (TPSA) is 55.4 Å². The van der Waals surface area contributed by atoms with Gasteiger partial charge in [-0.1, -0.05) is 35.4 Å². The number of esters is 1. The zero-order valence-electron chi connectivity index (χ0n) is 13.2. The van der Waals surface area contributed by atoms with Crippen molar-refractivity contribution in [1.29, 1.82) is 0 Å². The van der Waals surface area contributed by atoms with E-state index in [1.165, 1.54) is 6.92 Å². The molecule has 2 aromatic rings. The van der Waals surface area contributed by atoms with Gasteiger partial charge in [0.2, 0.25) is 0 Å². The Morgan fingerprint density at radius 1 is 1.09 bits per heavy atom. The Labute approximate surface area is 140 Å². The number of carbonyl (C=O) groups excluding carboxylic acids is 2. The van der Waals surface area contributed by atoms with Gasteiger partial charge in [0.05, 0.1) is 5.56 Å². The second kappa shape index (κ2) is 7.29. The molecular weight excluding hydrogens is 314 g/mol. The quantitative estimate of drug-likeness (QED) is 0.857. The summed E-state index contributed by atoms with van der Waals surface area (Å²) in [6.45, 7) is 5.31. The minimum Gasteiger partial charge on any atom is -0.449 e. The highest BCUT2D eigenvalue weighted by atomic mass is 35.5. The standard InChI is InChI=1S/C18H18ClNO3/c1-11-4-7-14(8-5-11)18(22)23-13(3)17(21)20-16-10-15(19)9-6-12(16)2/h4-10,13H,1-3H3,(H,20,21)/t13-/m0/s1. The van der Waals surface area contributed by atoms with E-state index >= 15 is 0 Å². The Balaban J connectivity index is 2.01. The number of ether oxygens (including phenoxy) is 1. The number of hydrogen-bond donors (Lipinski definition) is 1. The van der Waals surface area contributed by atoms with Crippen LogP contribution in [0.4, 0.5) is 5.69 Å². The van der Waals surface area contributed by atoms with Gasteiger partial charge in [-0.3, -0.25) is 4.79 Å². The number of rotatable bonds is 4. The number of anilines is 1. The third-order valence-corrected chi connectivity index (χ3v) is 3.63. The minimum absolute atomic E-state index is 0.407. The van der Waals surface area contributed by atoms with Crippen LogP contribution in [0.1, 0.15) is 28.4 Å². The van der Waals surface area contributed by atoms with E-state index in [9.17, 15) is 9.59 Å². The van der Waals surface area contributed by atoms with Crippen molar-refractivity contribution in [2.45, 2.75) is 26.9 Å². The van der Waals surface area contributed by atoms with Crippen LogP contribution in [-0.4, -0.2) is 18.0 Å².